The van der Waals surface area contributed by atoms with Crippen molar-refractivity contribution >= 4 is 33.4 Å². The van der Waals surface area contributed by atoms with Crippen molar-refractivity contribution in [3.05, 3.63) is 113 Å². The Balaban J connectivity index is 0.000000179. The summed E-state index contributed by atoms with van der Waals surface area (Å²) >= 11 is 0. The van der Waals surface area contributed by atoms with Gasteiger partial charge in [-0.2, -0.15) is 20.4 Å². The molecule has 0 aliphatic carbocycles. The van der Waals surface area contributed by atoms with Crippen LogP contribution < -0.4 is 19.3 Å². The second-order valence-corrected chi connectivity index (χ2v) is 13.6. The average Bonchev–Trinajstić information content (AvgIpc) is 3.95. The fraction of sp³-hybridized carbons (Fsp3) is 0.293. The first-order valence-electron chi connectivity index (χ1n) is 18.9. The van der Waals surface area contributed by atoms with E-state index in [2.05, 4.69) is 40.6 Å². The van der Waals surface area contributed by atoms with Crippen LogP contribution >= 0.6 is 0 Å². The maximum absolute atomic E-state index is 14.8. The van der Waals surface area contributed by atoms with Gasteiger partial charge in [0, 0.05) is 44.7 Å². The van der Waals surface area contributed by atoms with Gasteiger partial charge in [-0.15, -0.1) is 10.2 Å². The Morgan fingerprint density at radius 2 is 1.15 bits per heavy atom. The number of anilines is 2. The van der Waals surface area contributed by atoms with E-state index in [-0.39, 0.29) is 0 Å². The minimum atomic E-state index is -0.414. The van der Waals surface area contributed by atoms with Gasteiger partial charge in [-0.3, -0.25) is 0 Å². The van der Waals surface area contributed by atoms with Gasteiger partial charge in [0.05, 0.1) is 59.9 Å². The molecule has 0 atom stereocenters. The minimum Gasteiger partial charge on any atom is -0.494 e. The topological polar surface area (TPSA) is 164 Å². The summed E-state index contributed by atoms with van der Waals surface area (Å²) in [6, 6.07) is 13.1. The lowest BCUT2D eigenvalue weighted by molar-refractivity contribution is 0.338. The van der Waals surface area contributed by atoms with Crippen LogP contribution in [-0.4, -0.2) is 82.4 Å². The molecule has 0 aliphatic heterocycles. The van der Waals surface area contributed by atoms with Gasteiger partial charge in [0.1, 0.15) is 51.7 Å². The highest BCUT2D eigenvalue weighted by Crippen LogP contribution is 2.32. The minimum absolute atomic E-state index is 0.339. The molecule has 0 fully saturated rings. The van der Waals surface area contributed by atoms with Crippen molar-refractivity contribution in [1.29, 1.82) is 0 Å². The van der Waals surface area contributed by atoms with Gasteiger partial charge in [-0.25, -0.2) is 28.1 Å². The lowest BCUT2D eigenvalue weighted by atomic mass is 10.2. The van der Waals surface area contributed by atoms with Crippen molar-refractivity contribution in [3.63, 3.8) is 0 Å². The molecule has 8 rings (SSSR count). The molecule has 0 unspecified atom stereocenters. The first kappa shape index (κ1) is 40.1. The average molecular weight is 804 g/mol. The normalized spacial score (nSPS) is 11.2. The molecule has 0 bridgehead atoms. The van der Waals surface area contributed by atoms with Crippen LogP contribution in [0, 0.1) is 39.3 Å². The molecular weight excluding hydrogens is 761 g/mol. The number of halogens is 2. The summed E-state index contributed by atoms with van der Waals surface area (Å²) in [6.45, 7) is 13.1. The number of rotatable bonds is 12. The molecule has 6 heterocycles. The van der Waals surface area contributed by atoms with E-state index >= 15 is 0 Å². The molecule has 16 nitrogen and oxygen atoms in total. The maximum Gasteiger partial charge on any atom is 0.179 e. The zero-order valence-corrected chi connectivity index (χ0v) is 34.0. The molecule has 18 heteroatoms. The highest BCUT2D eigenvalue weighted by Gasteiger charge is 2.23. The molecule has 0 aliphatic rings. The largest absolute Gasteiger partial charge is 0.494 e. The summed E-state index contributed by atoms with van der Waals surface area (Å²) in [4.78, 5) is 12.3. The quantitative estimate of drug-likeness (QED) is 0.124. The van der Waals surface area contributed by atoms with Crippen molar-refractivity contribution in [2.45, 2.75) is 54.6 Å². The molecule has 0 saturated carbocycles. The summed E-state index contributed by atoms with van der Waals surface area (Å²) in [6.07, 6.45) is 4.91. The van der Waals surface area contributed by atoms with Crippen LogP contribution in [0.25, 0.3) is 33.2 Å². The van der Waals surface area contributed by atoms with Crippen molar-refractivity contribution in [3.8, 4) is 22.9 Å². The van der Waals surface area contributed by atoms with Crippen molar-refractivity contribution in [2.24, 2.45) is 0 Å². The third kappa shape index (κ3) is 8.19. The molecule has 2 aromatic carbocycles. The van der Waals surface area contributed by atoms with Gasteiger partial charge >= 0.3 is 0 Å². The first-order chi connectivity index (χ1) is 28.5. The number of nitrogens with zero attached hydrogens (tertiary/aromatic N) is 13. The maximum atomic E-state index is 14.8. The van der Waals surface area contributed by atoms with Gasteiger partial charge in [0.25, 0.3) is 0 Å². The fourth-order valence-electron chi connectivity index (χ4n) is 6.77. The molecule has 8 aromatic rings. The molecule has 0 amide bonds. The Morgan fingerprint density at radius 1 is 0.661 bits per heavy atom. The monoisotopic (exact) mass is 803 g/mol. The van der Waals surface area contributed by atoms with Crippen LogP contribution in [0.3, 0.4) is 0 Å². The van der Waals surface area contributed by atoms with Crippen molar-refractivity contribution < 1.29 is 22.8 Å². The smallest absolute Gasteiger partial charge is 0.179 e. The van der Waals surface area contributed by atoms with Gasteiger partial charge in [-0.05, 0) is 71.9 Å². The van der Waals surface area contributed by atoms with E-state index < -0.39 is 11.6 Å². The Labute approximate surface area is 338 Å². The SMILES string of the molecule is CCOc1ccc(-n2nc3c(N(C)Cc4ccon4)nnc(C)c3c2C)c(F)c1.CCOc1ccc(-n2nc3c(N(C)Cc4ncccn4)nnc(C)c3c2C)c(F)c1. The van der Waals surface area contributed by atoms with E-state index in [1.54, 1.807) is 58.2 Å². The zero-order valence-electron chi connectivity index (χ0n) is 34.0. The van der Waals surface area contributed by atoms with Crippen LogP contribution in [-0.2, 0) is 13.1 Å². The number of ether oxygens (including phenoxy) is 2. The molecule has 0 N–H and O–H groups in total. The molecule has 0 saturated heterocycles. The first-order valence-corrected chi connectivity index (χ1v) is 18.9. The zero-order chi connectivity index (χ0) is 41.8. The predicted octanol–water partition coefficient (Wildman–Crippen LogP) is 6.99. The summed E-state index contributed by atoms with van der Waals surface area (Å²) in [7, 11) is 3.75. The molecule has 0 spiro atoms. The summed E-state index contributed by atoms with van der Waals surface area (Å²) in [5.74, 6) is 1.96. The lowest BCUT2D eigenvalue weighted by Crippen LogP contribution is -2.20. The number of hydrogen-bond donors (Lipinski definition) is 0. The fourth-order valence-corrected chi connectivity index (χ4v) is 6.77. The van der Waals surface area contributed by atoms with Crippen molar-refractivity contribution in [2.75, 3.05) is 37.1 Å². The van der Waals surface area contributed by atoms with Crippen molar-refractivity contribution in [1.82, 2.24) is 55.1 Å². The number of aryl methyl sites for hydroxylation is 4. The Kier molecular flexibility index (Phi) is 11.7. The number of fused-ring (bicyclic) bond motifs is 2. The Bertz CT molecular complexity index is 2720. The van der Waals surface area contributed by atoms with Crippen LogP contribution in [0.15, 0.2) is 71.7 Å². The van der Waals surface area contributed by atoms with E-state index in [4.69, 9.17) is 19.1 Å². The van der Waals surface area contributed by atoms with Gasteiger partial charge in [0.2, 0.25) is 0 Å². The van der Waals surface area contributed by atoms with Gasteiger partial charge in [0.15, 0.2) is 23.3 Å². The Hall–Kier alpha value is -7.11. The highest BCUT2D eigenvalue weighted by atomic mass is 19.1. The standard InChI is InChI=1S/C21H22FN7O.C20H21FN6O2/c1-5-30-15-7-8-17(16(22)11-15)29-14(3)19-13(2)25-26-21(20(19)27-29)28(4)12-18-23-9-6-10-24-18;1-5-28-15-6-7-17(16(21)10-15)27-13(3)18-12(2)22-23-20(19(18)24-27)26(4)11-14-8-9-29-25-14/h6-11H,5,12H2,1-4H3;6-10H,5,11H2,1-4H3. The summed E-state index contributed by atoms with van der Waals surface area (Å²) in [5.41, 5.74) is 5.76. The van der Waals surface area contributed by atoms with Crippen LogP contribution in [0.4, 0.5) is 20.4 Å². The van der Waals surface area contributed by atoms with E-state index in [0.29, 0.717) is 77.7 Å². The number of hydrogen-bond acceptors (Lipinski definition) is 14. The third-order valence-corrected chi connectivity index (χ3v) is 9.50. The van der Waals surface area contributed by atoms with E-state index in [9.17, 15) is 8.78 Å². The van der Waals surface area contributed by atoms with Gasteiger partial charge < -0.3 is 23.8 Å². The van der Waals surface area contributed by atoms with Crippen LogP contribution in [0.5, 0.6) is 11.5 Å². The van der Waals surface area contributed by atoms with E-state index in [1.807, 2.05) is 65.4 Å². The highest BCUT2D eigenvalue weighted by molar-refractivity contribution is 5.93. The number of benzene rings is 2. The lowest BCUT2D eigenvalue weighted by Gasteiger charge is -2.16. The second kappa shape index (κ2) is 17.2. The third-order valence-electron chi connectivity index (χ3n) is 9.50. The van der Waals surface area contributed by atoms with Crippen LogP contribution in [0.1, 0.15) is 48.1 Å². The molecule has 6 aromatic heterocycles. The van der Waals surface area contributed by atoms with E-state index in [1.165, 1.54) is 18.4 Å². The molecular formula is C41H43F2N13O3. The van der Waals surface area contributed by atoms with E-state index in [0.717, 1.165) is 39.2 Å². The summed E-state index contributed by atoms with van der Waals surface area (Å²) in [5, 5.41) is 32.2. The number of aromatic nitrogens is 11. The molecule has 59 heavy (non-hydrogen) atoms. The van der Waals surface area contributed by atoms with Crippen LogP contribution in [0.2, 0.25) is 0 Å². The summed E-state index contributed by atoms with van der Waals surface area (Å²) < 4.78 is 48.4. The second-order valence-electron chi connectivity index (χ2n) is 13.6. The van der Waals surface area contributed by atoms with Gasteiger partial charge in [-0.1, -0.05) is 5.16 Å². The Morgan fingerprint density at radius 3 is 1.59 bits per heavy atom. The molecule has 304 valence electrons. The predicted molar refractivity (Wildman–Crippen MR) is 217 cm³/mol. The molecule has 0 radical (unpaired) electrons.